The van der Waals surface area contributed by atoms with Gasteiger partial charge in [-0.1, -0.05) is 18.2 Å². The van der Waals surface area contributed by atoms with Crippen molar-refractivity contribution in [3.05, 3.63) is 35.9 Å². The van der Waals surface area contributed by atoms with Crippen LogP contribution in [0.25, 0.3) is 5.57 Å². The highest BCUT2D eigenvalue weighted by Gasteiger charge is 2.16. The first-order valence-electron chi connectivity index (χ1n) is 5.19. The molecule has 1 aromatic rings. The Morgan fingerprint density at radius 3 is 2.50 bits per heavy atom. The molecule has 0 aliphatic carbocycles. The topological polar surface area (TPSA) is 66.6 Å². The van der Waals surface area contributed by atoms with Crippen molar-refractivity contribution in [1.29, 1.82) is 0 Å². The summed E-state index contributed by atoms with van der Waals surface area (Å²) in [5.41, 5.74) is 8.67. The maximum atomic E-state index is 10.7. The van der Waals surface area contributed by atoms with E-state index in [1.54, 1.807) is 0 Å². The van der Waals surface area contributed by atoms with Gasteiger partial charge >= 0.3 is 6.09 Å². The van der Waals surface area contributed by atoms with Gasteiger partial charge in [0.1, 0.15) is 0 Å². The zero-order chi connectivity index (χ0) is 11.5. The number of nitrogen functional groups attached to an aromatic ring is 1. The second-order valence-corrected chi connectivity index (χ2v) is 3.83. The summed E-state index contributed by atoms with van der Waals surface area (Å²) in [6, 6.07) is 7.66. The van der Waals surface area contributed by atoms with E-state index in [4.69, 9.17) is 10.8 Å². The van der Waals surface area contributed by atoms with Crippen molar-refractivity contribution in [2.75, 3.05) is 18.8 Å². The summed E-state index contributed by atoms with van der Waals surface area (Å²) in [7, 11) is 0. The Morgan fingerprint density at radius 2 is 2.00 bits per heavy atom. The molecule has 4 heteroatoms. The first-order chi connectivity index (χ1) is 7.66. The Kier molecular flexibility index (Phi) is 2.81. The number of rotatable bonds is 1. The van der Waals surface area contributed by atoms with E-state index in [1.807, 2.05) is 30.3 Å². The predicted molar refractivity (Wildman–Crippen MR) is 63.0 cm³/mol. The van der Waals surface area contributed by atoms with Gasteiger partial charge in [0, 0.05) is 18.8 Å². The fourth-order valence-corrected chi connectivity index (χ4v) is 1.80. The minimum atomic E-state index is -0.854. The number of hydrogen-bond donors (Lipinski definition) is 2. The van der Waals surface area contributed by atoms with Gasteiger partial charge < -0.3 is 15.7 Å². The van der Waals surface area contributed by atoms with Crippen molar-refractivity contribution in [2.24, 2.45) is 0 Å². The average molecular weight is 218 g/mol. The molecule has 0 bridgehead atoms. The minimum absolute atomic E-state index is 0.467. The van der Waals surface area contributed by atoms with Gasteiger partial charge in [0.15, 0.2) is 0 Å². The molecule has 1 aliphatic heterocycles. The Balaban J connectivity index is 2.13. The molecule has 1 aromatic carbocycles. The SMILES string of the molecule is Nc1ccc(C2=CCN(C(=O)O)CC2)cc1. The molecule has 4 nitrogen and oxygen atoms in total. The summed E-state index contributed by atoms with van der Waals surface area (Å²) < 4.78 is 0. The van der Waals surface area contributed by atoms with E-state index < -0.39 is 6.09 Å². The van der Waals surface area contributed by atoms with Crippen molar-refractivity contribution in [3.8, 4) is 0 Å². The molecule has 0 fully saturated rings. The van der Waals surface area contributed by atoms with Crippen molar-refractivity contribution in [1.82, 2.24) is 4.90 Å². The van der Waals surface area contributed by atoms with Crippen molar-refractivity contribution < 1.29 is 9.90 Å². The van der Waals surface area contributed by atoms with Gasteiger partial charge in [-0.05, 0) is 29.7 Å². The zero-order valence-corrected chi connectivity index (χ0v) is 8.89. The largest absolute Gasteiger partial charge is 0.465 e. The van der Waals surface area contributed by atoms with Crippen LogP contribution in [-0.4, -0.2) is 29.2 Å². The van der Waals surface area contributed by atoms with E-state index in [0.717, 1.165) is 17.7 Å². The van der Waals surface area contributed by atoms with Crippen LogP contribution in [-0.2, 0) is 0 Å². The maximum Gasteiger partial charge on any atom is 0.407 e. The van der Waals surface area contributed by atoms with Crippen LogP contribution in [0.1, 0.15) is 12.0 Å². The predicted octanol–water partition coefficient (Wildman–Crippen LogP) is 2.04. The Bertz CT molecular complexity index is 423. The van der Waals surface area contributed by atoms with Crippen molar-refractivity contribution in [3.63, 3.8) is 0 Å². The lowest BCUT2D eigenvalue weighted by molar-refractivity contribution is 0.150. The number of nitrogens with zero attached hydrogens (tertiary/aromatic N) is 1. The molecule has 3 N–H and O–H groups in total. The second-order valence-electron chi connectivity index (χ2n) is 3.83. The Morgan fingerprint density at radius 1 is 1.31 bits per heavy atom. The third kappa shape index (κ3) is 2.16. The second kappa shape index (κ2) is 4.26. The number of anilines is 1. The van der Waals surface area contributed by atoms with Crippen LogP contribution < -0.4 is 5.73 Å². The van der Waals surface area contributed by atoms with Crippen LogP contribution in [0, 0.1) is 0 Å². The lowest BCUT2D eigenvalue weighted by Gasteiger charge is -2.23. The van der Waals surface area contributed by atoms with Gasteiger partial charge in [0.05, 0.1) is 0 Å². The number of carboxylic acid groups (broad SMARTS) is 1. The van der Waals surface area contributed by atoms with Gasteiger partial charge in [-0.2, -0.15) is 0 Å². The number of nitrogens with two attached hydrogens (primary N) is 1. The fourth-order valence-electron chi connectivity index (χ4n) is 1.80. The van der Waals surface area contributed by atoms with Crippen LogP contribution in [0.4, 0.5) is 10.5 Å². The molecule has 0 radical (unpaired) electrons. The molecule has 2 rings (SSSR count). The molecule has 0 spiro atoms. The fraction of sp³-hybridized carbons (Fsp3) is 0.250. The first-order valence-corrected chi connectivity index (χ1v) is 5.19. The van der Waals surface area contributed by atoms with E-state index in [1.165, 1.54) is 10.5 Å². The third-order valence-corrected chi connectivity index (χ3v) is 2.76. The molecular weight excluding hydrogens is 204 g/mol. The Labute approximate surface area is 94.0 Å². The van der Waals surface area contributed by atoms with Gasteiger partial charge in [0.2, 0.25) is 0 Å². The maximum absolute atomic E-state index is 10.7. The molecule has 0 aromatic heterocycles. The monoisotopic (exact) mass is 218 g/mol. The standard InChI is InChI=1S/C12H14N2O2/c13-11-3-1-9(2-4-11)10-5-7-14(8-6-10)12(15)16/h1-5H,6-8,13H2,(H,15,16). The quantitative estimate of drug-likeness (QED) is 0.709. The minimum Gasteiger partial charge on any atom is -0.465 e. The van der Waals surface area contributed by atoms with Crippen LogP contribution in [0.2, 0.25) is 0 Å². The normalized spacial score (nSPS) is 15.8. The lowest BCUT2D eigenvalue weighted by Crippen LogP contribution is -2.33. The van der Waals surface area contributed by atoms with Crippen molar-refractivity contribution in [2.45, 2.75) is 6.42 Å². The summed E-state index contributed by atoms with van der Waals surface area (Å²) in [5.74, 6) is 0. The molecule has 0 atom stereocenters. The highest BCUT2D eigenvalue weighted by atomic mass is 16.4. The number of benzene rings is 1. The molecule has 1 amide bonds. The van der Waals surface area contributed by atoms with Crippen LogP contribution >= 0.6 is 0 Å². The number of hydrogen-bond acceptors (Lipinski definition) is 2. The highest BCUT2D eigenvalue weighted by Crippen LogP contribution is 2.22. The van der Waals surface area contributed by atoms with E-state index in [2.05, 4.69) is 0 Å². The molecule has 84 valence electrons. The van der Waals surface area contributed by atoms with Crippen LogP contribution in [0.3, 0.4) is 0 Å². The number of amides is 1. The summed E-state index contributed by atoms with van der Waals surface area (Å²) in [6.45, 7) is 1.03. The number of carbonyl (C=O) groups is 1. The van der Waals surface area contributed by atoms with Crippen LogP contribution in [0.15, 0.2) is 30.3 Å². The van der Waals surface area contributed by atoms with E-state index in [9.17, 15) is 4.79 Å². The lowest BCUT2D eigenvalue weighted by atomic mass is 9.99. The van der Waals surface area contributed by atoms with Crippen molar-refractivity contribution >= 4 is 17.4 Å². The Hall–Kier alpha value is -1.97. The summed E-state index contributed by atoms with van der Waals surface area (Å²) in [6.07, 6.45) is 1.87. The molecule has 0 unspecified atom stereocenters. The molecule has 1 aliphatic rings. The summed E-state index contributed by atoms with van der Waals surface area (Å²) in [4.78, 5) is 12.1. The highest BCUT2D eigenvalue weighted by molar-refractivity contribution is 5.71. The van der Waals surface area contributed by atoms with Gasteiger partial charge in [-0.25, -0.2) is 4.79 Å². The molecule has 0 saturated carbocycles. The third-order valence-electron chi connectivity index (χ3n) is 2.76. The summed E-state index contributed by atoms with van der Waals surface area (Å²) >= 11 is 0. The molecule has 1 heterocycles. The zero-order valence-electron chi connectivity index (χ0n) is 8.89. The molecular formula is C12H14N2O2. The molecule has 16 heavy (non-hydrogen) atoms. The summed E-state index contributed by atoms with van der Waals surface area (Å²) in [5, 5.41) is 8.81. The molecule has 0 saturated heterocycles. The smallest absolute Gasteiger partial charge is 0.407 e. The van der Waals surface area contributed by atoms with Gasteiger partial charge in [0.25, 0.3) is 0 Å². The average Bonchev–Trinajstić information content (AvgIpc) is 2.30. The van der Waals surface area contributed by atoms with Crippen LogP contribution in [0.5, 0.6) is 0 Å². The van der Waals surface area contributed by atoms with Gasteiger partial charge in [-0.3, -0.25) is 0 Å². The van der Waals surface area contributed by atoms with E-state index in [-0.39, 0.29) is 0 Å². The van der Waals surface area contributed by atoms with E-state index >= 15 is 0 Å². The first kappa shape index (κ1) is 10.5. The van der Waals surface area contributed by atoms with Gasteiger partial charge in [-0.15, -0.1) is 0 Å². The van der Waals surface area contributed by atoms with E-state index in [0.29, 0.717) is 13.1 Å².